The molecule has 0 amide bonds. The highest BCUT2D eigenvalue weighted by atomic mass is 16.4. The molecule has 0 bridgehead atoms. The van der Waals surface area contributed by atoms with Gasteiger partial charge in [-0.15, -0.1) is 0 Å². The first kappa shape index (κ1) is 15.5. The van der Waals surface area contributed by atoms with Crippen LogP contribution < -0.4 is 0 Å². The minimum Gasteiger partial charge on any atom is -0.481 e. The Kier molecular flexibility index (Phi) is 6.13. The van der Waals surface area contributed by atoms with Crippen molar-refractivity contribution < 1.29 is 9.90 Å². The van der Waals surface area contributed by atoms with Gasteiger partial charge in [-0.25, -0.2) is 0 Å². The summed E-state index contributed by atoms with van der Waals surface area (Å²) < 4.78 is 0. The minimum absolute atomic E-state index is 0.260. The fourth-order valence-corrected chi connectivity index (χ4v) is 3.10. The third-order valence-electron chi connectivity index (χ3n) is 4.48. The quantitative estimate of drug-likeness (QED) is 0.792. The summed E-state index contributed by atoms with van der Waals surface area (Å²) in [7, 11) is 0. The van der Waals surface area contributed by atoms with Crippen molar-refractivity contribution in [3.63, 3.8) is 0 Å². The van der Waals surface area contributed by atoms with Crippen LogP contribution in [0, 0.1) is 17.8 Å². The molecule has 1 aliphatic carbocycles. The van der Waals surface area contributed by atoms with E-state index < -0.39 is 5.97 Å². The second kappa shape index (κ2) is 7.13. The van der Waals surface area contributed by atoms with Gasteiger partial charge in [0, 0.05) is 12.6 Å². The molecular weight excluding hydrogens is 226 g/mol. The Morgan fingerprint density at radius 3 is 2.50 bits per heavy atom. The van der Waals surface area contributed by atoms with Gasteiger partial charge in [0.2, 0.25) is 0 Å². The normalized spacial score (nSPS) is 26.6. The lowest BCUT2D eigenvalue weighted by Crippen LogP contribution is -2.43. The molecule has 18 heavy (non-hydrogen) atoms. The predicted molar refractivity (Wildman–Crippen MR) is 74.6 cm³/mol. The molecule has 3 nitrogen and oxygen atoms in total. The average molecular weight is 255 g/mol. The number of nitrogens with zero attached hydrogens (tertiary/aromatic N) is 1. The zero-order valence-electron chi connectivity index (χ0n) is 12.4. The summed E-state index contributed by atoms with van der Waals surface area (Å²) in [5.74, 6) is 0.635. The van der Waals surface area contributed by atoms with Crippen molar-refractivity contribution in [2.75, 3.05) is 13.1 Å². The van der Waals surface area contributed by atoms with Crippen molar-refractivity contribution in [1.82, 2.24) is 4.90 Å². The highest BCUT2D eigenvalue weighted by molar-refractivity contribution is 5.69. The lowest BCUT2D eigenvalue weighted by molar-refractivity contribution is -0.142. The van der Waals surface area contributed by atoms with Crippen LogP contribution in [0.1, 0.15) is 53.4 Å². The van der Waals surface area contributed by atoms with E-state index in [0.29, 0.717) is 12.6 Å². The van der Waals surface area contributed by atoms with E-state index in [1.807, 2.05) is 6.92 Å². The van der Waals surface area contributed by atoms with Crippen molar-refractivity contribution in [2.24, 2.45) is 17.8 Å². The maximum absolute atomic E-state index is 11.0. The Morgan fingerprint density at radius 1 is 1.33 bits per heavy atom. The fraction of sp³-hybridized carbons (Fsp3) is 0.933. The Morgan fingerprint density at radius 2 is 2.00 bits per heavy atom. The first-order chi connectivity index (χ1) is 8.45. The molecule has 0 heterocycles. The van der Waals surface area contributed by atoms with Crippen molar-refractivity contribution in [2.45, 2.75) is 59.4 Å². The van der Waals surface area contributed by atoms with Crippen LogP contribution in [0.4, 0.5) is 0 Å². The van der Waals surface area contributed by atoms with Crippen LogP contribution in [0.5, 0.6) is 0 Å². The highest BCUT2D eigenvalue weighted by Gasteiger charge is 2.29. The van der Waals surface area contributed by atoms with Crippen LogP contribution in [0.2, 0.25) is 0 Å². The summed E-state index contributed by atoms with van der Waals surface area (Å²) in [6, 6.07) is 0.595. The molecule has 0 radical (unpaired) electrons. The minimum atomic E-state index is -0.676. The summed E-state index contributed by atoms with van der Waals surface area (Å²) in [4.78, 5) is 13.4. The average Bonchev–Trinajstić information content (AvgIpc) is 2.35. The molecule has 3 unspecified atom stereocenters. The number of hydrogen-bond acceptors (Lipinski definition) is 2. The Balaban J connectivity index is 2.56. The van der Waals surface area contributed by atoms with E-state index in [-0.39, 0.29) is 5.92 Å². The monoisotopic (exact) mass is 255 g/mol. The van der Waals surface area contributed by atoms with Gasteiger partial charge < -0.3 is 5.11 Å². The Labute approximate surface area is 112 Å². The van der Waals surface area contributed by atoms with Gasteiger partial charge in [0.05, 0.1) is 5.92 Å². The summed E-state index contributed by atoms with van der Waals surface area (Å²) in [5, 5.41) is 9.04. The molecule has 3 heteroatoms. The zero-order chi connectivity index (χ0) is 13.7. The molecule has 1 rings (SSSR count). The molecule has 0 spiro atoms. The third-order valence-corrected chi connectivity index (χ3v) is 4.48. The van der Waals surface area contributed by atoms with E-state index in [4.69, 9.17) is 5.11 Å². The van der Waals surface area contributed by atoms with E-state index in [2.05, 4.69) is 25.7 Å². The zero-order valence-corrected chi connectivity index (χ0v) is 12.4. The molecule has 0 aromatic carbocycles. The maximum atomic E-state index is 11.0. The van der Waals surface area contributed by atoms with Crippen LogP contribution in [-0.2, 0) is 4.79 Å². The SMILES string of the molecule is CCN(CC(C)C(=O)O)C1CCCC(C(C)C)C1. The summed E-state index contributed by atoms with van der Waals surface area (Å²) in [6.07, 6.45) is 5.13. The summed E-state index contributed by atoms with van der Waals surface area (Å²) >= 11 is 0. The first-order valence-electron chi connectivity index (χ1n) is 7.42. The van der Waals surface area contributed by atoms with Gasteiger partial charge in [-0.05, 0) is 31.2 Å². The summed E-state index contributed by atoms with van der Waals surface area (Å²) in [6.45, 7) is 10.2. The van der Waals surface area contributed by atoms with E-state index in [1.54, 1.807) is 0 Å². The van der Waals surface area contributed by atoms with Gasteiger partial charge >= 0.3 is 5.97 Å². The van der Waals surface area contributed by atoms with Crippen LogP contribution >= 0.6 is 0 Å². The summed E-state index contributed by atoms with van der Waals surface area (Å²) in [5.41, 5.74) is 0. The van der Waals surface area contributed by atoms with Gasteiger partial charge in [0.15, 0.2) is 0 Å². The van der Waals surface area contributed by atoms with Crippen LogP contribution in [0.15, 0.2) is 0 Å². The molecule has 0 aromatic heterocycles. The molecule has 1 fully saturated rings. The van der Waals surface area contributed by atoms with E-state index >= 15 is 0 Å². The number of rotatable bonds is 6. The van der Waals surface area contributed by atoms with Gasteiger partial charge in [-0.1, -0.05) is 40.5 Å². The Hall–Kier alpha value is -0.570. The first-order valence-corrected chi connectivity index (χ1v) is 7.42. The molecule has 106 valence electrons. The smallest absolute Gasteiger partial charge is 0.307 e. The molecule has 1 N–H and O–H groups in total. The molecule has 1 aliphatic rings. The van der Waals surface area contributed by atoms with Crippen molar-refractivity contribution in [3.8, 4) is 0 Å². The largest absolute Gasteiger partial charge is 0.481 e. The van der Waals surface area contributed by atoms with E-state index in [1.165, 1.54) is 25.7 Å². The Bertz CT molecular complexity index is 265. The lowest BCUT2D eigenvalue weighted by atomic mass is 9.78. The molecule has 0 aromatic rings. The van der Waals surface area contributed by atoms with Gasteiger partial charge in [0.25, 0.3) is 0 Å². The van der Waals surface area contributed by atoms with Gasteiger partial charge in [-0.3, -0.25) is 9.69 Å². The van der Waals surface area contributed by atoms with E-state index in [9.17, 15) is 4.79 Å². The molecule has 1 saturated carbocycles. The third kappa shape index (κ3) is 4.27. The predicted octanol–water partition coefficient (Wildman–Crippen LogP) is 3.24. The standard InChI is InChI=1S/C15H29NO2/c1-5-16(10-12(4)15(17)18)14-8-6-7-13(9-14)11(2)3/h11-14H,5-10H2,1-4H3,(H,17,18). The lowest BCUT2D eigenvalue weighted by Gasteiger charge is -2.39. The number of carboxylic acid groups (broad SMARTS) is 1. The van der Waals surface area contributed by atoms with Crippen LogP contribution in [0.3, 0.4) is 0 Å². The van der Waals surface area contributed by atoms with Crippen molar-refractivity contribution in [1.29, 1.82) is 0 Å². The van der Waals surface area contributed by atoms with Gasteiger partial charge in [-0.2, -0.15) is 0 Å². The molecule has 0 saturated heterocycles. The molecular formula is C15H29NO2. The number of carbonyl (C=O) groups is 1. The van der Waals surface area contributed by atoms with Crippen LogP contribution in [-0.4, -0.2) is 35.1 Å². The topological polar surface area (TPSA) is 40.5 Å². The van der Waals surface area contributed by atoms with Gasteiger partial charge in [0.1, 0.15) is 0 Å². The second-order valence-electron chi connectivity index (χ2n) is 6.15. The van der Waals surface area contributed by atoms with E-state index in [0.717, 1.165) is 18.4 Å². The van der Waals surface area contributed by atoms with Crippen LogP contribution in [0.25, 0.3) is 0 Å². The second-order valence-corrected chi connectivity index (χ2v) is 6.15. The van der Waals surface area contributed by atoms with Crippen molar-refractivity contribution >= 4 is 5.97 Å². The number of hydrogen-bond donors (Lipinski definition) is 1. The number of aliphatic carboxylic acids is 1. The molecule has 3 atom stereocenters. The number of carboxylic acids is 1. The molecule has 0 aliphatic heterocycles. The maximum Gasteiger partial charge on any atom is 0.307 e. The fourth-order valence-electron chi connectivity index (χ4n) is 3.10. The van der Waals surface area contributed by atoms with Crippen molar-refractivity contribution in [3.05, 3.63) is 0 Å². The highest BCUT2D eigenvalue weighted by Crippen LogP contribution is 2.32.